The van der Waals surface area contributed by atoms with Gasteiger partial charge in [-0.15, -0.1) is 0 Å². The van der Waals surface area contributed by atoms with Crippen LogP contribution in [0.25, 0.3) is 0 Å². The smallest absolute Gasteiger partial charge is 0.184 e. The average Bonchev–Trinajstić information content (AvgIpc) is 3.33. The van der Waals surface area contributed by atoms with Crippen LogP contribution in [0.4, 0.5) is 0 Å². The molecule has 1 heterocycles. The predicted octanol–water partition coefficient (Wildman–Crippen LogP) is 5.13. The topological polar surface area (TPSA) is 67.1 Å². The predicted molar refractivity (Wildman–Crippen MR) is 118 cm³/mol. The van der Waals surface area contributed by atoms with Crippen molar-refractivity contribution >= 4 is 14.0 Å². The standard InChI is InChI=1S/C24H38N2O3Si/c1-22-11-10-18-16(17(22)7-8-19(22)29-30(4,5)6)9-12-24-21(28-24)20(26-27-3)15(14-25)13-23(18,24)2/h15-19,21H,7-13H2,1-6H3. The molecule has 1 saturated heterocycles. The minimum atomic E-state index is -1.55. The van der Waals surface area contributed by atoms with Gasteiger partial charge in [-0.1, -0.05) is 19.0 Å². The van der Waals surface area contributed by atoms with E-state index >= 15 is 0 Å². The molecule has 9 atom stereocenters. The molecule has 4 aliphatic carbocycles. The van der Waals surface area contributed by atoms with Crippen molar-refractivity contribution in [2.75, 3.05) is 7.11 Å². The van der Waals surface area contributed by atoms with Gasteiger partial charge in [0.2, 0.25) is 0 Å². The first-order valence-electron chi connectivity index (χ1n) is 12.0. The van der Waals surface area contributed by atoms with Crippen molar-refractivity contribution < 1.29 is 14.0 Å². The van der Waals surface area contributed by atoms with Crippen LogP contribution in [0.15, 0.2) is 5.16 Å². The molecule has 4 saturated carbocycles. The molecule has 9 unspecified atom stereocenters. The second kappa shape index (κ2) is 6.56. The van der Waals surface area contributed by atoms with Crippen LogP contribution in [0.3, 0.4) is 0 Å². The lowest BCUT2D eigenvalue weighted by molar-refractivity contribution is -0.119. The van der Waals surface area contributed by atoms with Gasteiger partial charge < -0.3 is 14.0 Å². The molecular weight excluding hydrogens is 392 g/mol. The molecule has 5 aliphatic rings. The summed E-state index contributed by atoms with van der Waals surface area (Å²) in [6.45, 7) is 11.9. The van der Waals surface area contributed by atoms with E-state index < -0.39 is 8.32 Å². The highest BCUT2D eigenvalue weighted by Gasteiger charge is 2.77. The van der Waals surface area contributed by atoms with Crippen molar-refractivity contribution in [2.24, 2.45) is 39.7 Å². The van der Waals surface area contributed by atoms with E-state index in [4.69, 9.17) is 14.0 Å². The van der Waals surface area contributed by atoms with Gasteiger partial charge in [0.25, 0.3) is 0 Å². The fraction of sp³-hybridized carbons (Fsp3) is 0.917. The molecule has 0 aromatic carbocycles. The molecule has 0 aromatic rings. The normalized spacial score (nSPS) is 53.2. The van der Waals surface area contributed by atoms with E-state index in [0.717, 1.165) is 30.4 Å². The Balaban J connectivity index is 1.44. The Kier molecular flexibility index (Phi) is 4.58. The molecule has 1 aliphatic heterocycles. The Bertz CT molecular complexity index is 803. The summed E-state index contributed by atoms with van der Waals surface area (Å²) in [6.07, 6.45) is 8.65. The summed E-state index contributed by atoms with van der Waals surface area (Å²) in [4.78, 5) is 5.09. The lowest BCUT2D eigenvalue weighted by atomic mass is 9.44. The zero-order valence-electron chi connectivity index (χ0n) is 19.5. The van der Waals surface area contributed by atoms with Crippen molar-refractivity contribution in [1.82, 2.24) is 0 Å². The number of epoxide rings is 1. The van der Waals surface area contributed by atoms with Gasteiger partial charge in [-0.05, 0) is 87.8 Å². The second-order valence-corrected chi connectivity index (χ2v) is 16.6. The Hall–Kier alpha value is -0.903. The third-order valence-electron chi connectivity index (χ3n) is 9.78. The summed E-state index contributed by atoms with van der Waals surface area (Å²) in [7, 11) is 0.0235. The van der Waals surface area contributed by atoms with E-state index in [2.05, 4.69) is 44.7 Å². The molecule has 0 radical (unpaired) electrons. The van der Waals surface area contributed by atoms with Crippen LogP contribution < -0.4 is 0 Å². The van der Waals surface area contributed by atoms with Gasteiger partial charge >= 0.3 is 0 Å². The van der Waals surface area contributed by atoms with Crippen LogP contribution in [0.1, 0.15) is 58.8 Å². The maximum absolute atomic E-state index is 9.90. The third-order valence-corrected chi connectivity index (χ3v) is 10.8. The number of fused-ring (bicyclic) bond motifs is 4. The van der Waals surface area contributed by atoms with E-state index in [-0.39, 0.29) is 23.0 Å². The van der Waals surface area contributed by atoms with Crippen LogP contribution in [0.2, 0.25) is 19.6 Å². The van der Waals surface area contributed by atoms with Crippen LogP contribution >= 0.6 is 0 Å². The summed E-state index contributed by atoms with van der Waals surface area (Å²) in [5.41, 5.74) is 1.10. The van der Waals surface area contributed by atoms with Crippen molar-refractivity contribution in [3.05, 3.63) is 0 Å². The summed E-state index contributed by atoms with van der Waals surface area (Å²) in [5.74, 6) is 1.94. The van der Waals surface area contributed by atoms with Crippen LogP contribution in [0, 0.1) is 45.8 Å². The van der Waals surface area contributed by atoms with Crippen LogP contribution in [-0.2, 0) is 14.0 Å². The lowest BCUT2D eigenvalue weighted by Gasteiger charge is -2.60. The first-order chi connectivity index (χ1) is 14.1. The first kappa shape index (κ1) is 21.0. The van der Waals surface area contributed by atoms with Gasteiger partial charge in [-0.2, -0.15) is 5.26 Å². The molecule has 1 spiro atoms. The number of nitriles is 1. The van der Waals surface area contributed by atoms with Crippen molar-refractivity contribution in [2.45, 2.75) is 96.2 Å². The zero-order chi connectivity index (χ0) is 21.5. The van der Waals surface area contributed by atoms with Crippen LogP contribution in [-0.4, -0.2) is 38.9 Å². The highest BCUT2D eigenvalue weighted by Crippen LogP contribution is 2.73. The van der Waals surface area contributed by atoms with E-state index in [0.29, 0.717) is 17.4 Å². The molecule has 166 valence electrons. The molecular formula is C24H38N2O3Si. The minimum Gasteiger partial charge on any atom is -0.414 e. The summed E-state index contributed by atoms with van der Waals surface area (Å²) >= 11 is 0. The Morgan fingerprint density at radius 3 is 2.53 bits per heavy atom. The van der Waals surface area contributed by atoms with Crippen molar-refractivity contribution in [1.29, 1.82) is 5.26 Å². The molecule has 5 fully saturated rings. The molecule has 30 heavy (non-hydrogen) atoms. The van der Waals surface area contributed by atoms with Gasteiger partial charge in [0, 0.05) is 5.41 Å². The number of hydrogen-bond acceptors (Lipinski definition) is 5. The summed E-state index contributed by atoms with van der Waals surface area (Å²) < 4.78 is 13.2. The van der Waals surface area contributed by atoms with E-state index in [9.17, 15) is 5.26 Å². The van der Waals surface area contributed by atoms with Gasteiger partial charge in [0.15, 0.2) is 8.32 Å². The Morgan fingerprint density at radius 1 is 1.10 bits per heavy atom. The lowest BCUT2D eigenvalue weighted by Crippen LogP contribution is -2.60. The largest absolute Gasteiger partial charge is 0.414 e. The molecule has 0 aromatic heterocycles. The third kappa shape index (κ3) is 2.67. The highest BCUT2D eigenvalue weighted by atomic mass is 28.4. The quantitative estimate of drug-likeness (QED) is 0.353. The molecule has 0 N–H and O–H groups in total. The number of oxime groups is 1. The maximum atomic E-state index is 9.90. The van der Waals surface area contributed by atoms with Crippen LogP contribution in [0.5, 0.6) is 0 Å². The van der Waals surface area contributed by atoms with Crippen molar-refractivity contribution in [3.63, 3.8) is 0 Å². The Morgan fingerprint density at radius 2 is 1.87 bits per heavy atom. The fourth-order valence-electron chi connectivity index (χ4n) is 8.50. The second-order valence-electron chi connectivity index (χ2n) is 12.1. The summed E-state index contributed by atoms with van der Waals surface area (Å²) in [5, 5.41) is 14.1. The zero-order valence-corrected chi connectivity index (χ0v) is 20.5. The molecule has 5 rings (SSSR count). The molecule has 5 nitrogen and oxygen atoms in total. The maximum Gasteiger partial charge on any atom is 0.184 e. The minimum absolute atomic E-state index is 0.0124. The van der Waals surface area contributed by atoms with E-state index in [1.54, 1.807) is 7.11 Å². The Labute approximate surface area is 182 Å². The first-order valence-corrected chi connectivity index (χ1v) is 15.4. The van der Waals surface area contributed by atoms with Gasteiger partial charge in [0.05, 0.1) is 18.1 Å². The van der Waals surface area contributed by atoms with Crippen molar-refractivity contribution in [3.8, 4) is 6.07 Å². The highest BCUT2D eigenvalue weighted by molar-refractivity contribution is 6.69. The molecule has 0 amide bonds. The average molecular weight is 431 g/mol. The van der Waals surface area contributed by atoms with Gasteiger partial charge in [0.1, 0.15) is 24.5 Å². The van der Waals surface area contributed by atoms with E-state index in [1.807, 2.05) is 0 Å². The fourth-order valence-corrected chi connectivity index (χ4v) is 9.74. The monoisotopic (exact) mass is 430 g/mol. The number of nitrogens with zero attached hydrogens (tertiary/aromatic N) is 2. The van der Waals surface area contributed by atoms with E-state index in [1.165, 1.54) is 32.1 Å². The van der Waals surface area contributed by atoms with Gasteiger partial charge in [-0.3, -0.25) is 0 Å². The summed E-state index contributed by atoms with van der Waals surface area (Å²) in [6, 6.07) is 2.53. The SMILES string of the molecule is CON=C1C(C#N)CC2(C)C3CCC4(C)C(O[Si](C)(C)C)CCC4C3CCC23OC13. The molecule has 0 bridgehead atoms. The molecule has 6 heteroatoms. The number of ether oxygens (including phenoxy) is 1. The van der Waals surface area contributed by atoms with Gasteiger partial charge in [-0.25, -0.2) is 0 Å². The number of rotatable bonds is 3. The number of hydrogen-bond donors (Lipinski definition) is 0.